The van der Waals surface area contributed by atoms with Gasteiger partial charge in [-0.2, -0.15) is 13.2 Å². The summed E-state index contributed by atoms with van der Waals surface area (Å²) in [6.45, 7) is 3.36. The maximum absolute atomic E-state index is 14.0. The van der Waals surface area contributed by atoms with Crippen LogP contribution in [0.1, 0.15) is 30.5 Å². The molecule has 9 heteroatoms. The number of nitrogens with zero attached hydrogens (tertiary/aromatic N) is 2. The van der Waals surface area contributed by atoms with Crippen molar-refractivity contribution in [1.29, 1.82) is 0 Å². The smallest absolute Gasteiger partial charge is 0.366 e. The van der Waals surface area contributed by atoms with Gasteiger partial charge in [0.15, 0.2) is 0 Å². The van der Waals surface area contributed by atoms with Crippen molar-refractivity contribution in [1.82, 2.24) is 10.2 Å². The zero-order valence-electron chi connectivity index (χ0n) is 17.7. The Kier molecular flexibility index (Phi) is 7.37. The van der Waals surface area contributed by atoms with E-state index < -0.39 is 18.1 Å². The maximum atomic E-state index is 14.0. The van der Waals surface area contributed by atoms with Crippen molar-refractivity contribution in [3.8, 4) is 0 Å². The van der Waals surface area contributed by atoms with E-state index in [1.807, 2.05) is 17.1 Å². The number of alkyl halides is 3. The minimum atomic E-state index is -5.05. The first-order chi connectivity index (χ1) is 15.2. The number of rotatable bonds is 6. The molecule has 32 heavy (non-hydrogen) atoms. The molecule has 0 spiro atoms. The largest absolute Gasteiger partial charge is 0.471 e. The lowest BCUT2D eigenvalue weighted by molar-refractivity contribution is -0.174. The van der Waals surface area contributed by atoms with E-state index >= 15 is 0 Å². The Hall–Kier alpha value is -3.10. The minimum absolute atomic E-state index is 0.299. The van der Waals surface area contributed by atoms with Crippen molar-refractivity contribution in [2.24, 2.45) is 0 Å². The molecular formula is C23H25F4N3O2. The second kappa shape index (κ2) is 10.0. The number of anilines is 1. The third-order valence-electron chi connectivity index (χ3n) is 5.56. The van der Waals surface area contributed by atoms with E-state index in [-0.39, 0.29) is 18.1 Å². The first-order valence-electron chi connectivity index (χ1n) is 10.4. The number of benzene rings is 2. The highest BCUT2D eigenvalue weighted by Gasteiger charge is 2.40. The molecule has 1 atom stereocenters. The van der Waals surface area contributed by atoms with Crippen molar-refractivity contribution in [2.45, 2.75) is 32.0 Å². The van der Waals surface area contributed by atoms with Crippen molar-refractivity contribution in [3.63, 3.8) is 0 Å². The lowest BCUT2D eigenvalue weighted by atomic mass is 10.00. The quantitative estimate of drug-likeness (QED) is 0.679. The molecule has 2 aromatic carbocycles. The number of amides is 2. The van der Waals surface area contributed by atoms with E-state index in [9.17, 15) is 27.2 Å². The van der Waals surface area contributed by atoms with Gasteiger partial charge in [0.05, 0.1) is 18.2 Å². The fraction of sp³-hybridized carbons (Fsp3) is 0.391. The molecule has 1 fully saturated rings. The average molecular weight is 451 g/mol. The minimum Gasteiger partial charge on any atom is -0.366 e. The summed E-state index contributed by atoms with van der Waals surface area (Å²) in [4.78, 5) is 27.8. The Bertz CT molecular complexity index is 939. The molecular weight excluding hydrogens is 426 g/mol. The normalized spacial score (nSPS) is 15.4. The van der Waals surface area contributed by atoms with Gasteiger partial charge in [-0.1, -0.05) is 43.3 Å². The van der Waals surface area contributed by atoms with Gasteiger partial charge in [-0.3, -0.25) is 9.59 Å². The predicted molar refractivity (Wildman–Crippen MR) is 113 cm³/mol. The van der Waals surface area contributed by atoms with Crippen LogP contribution in [0.2, 0.25) is 0 Å². The first kappa shape index (κ1) is 23.6. The number of aryl methyl sites for hydroxylation is 1. The molecule has 0 radical (unpaired) electrons. The number of hydrogen-bond donors (Lipinski definition) is 1. The molecule has 2 aromatic rings. The molecule has 3 rings (SSSR count). The summed E-state index contributed by atoms with van der Waals surface area (Å²) in [6.07, 6.45) is -4.59. The zero-order valence-corrected chi connectivity index (χ0v) is 17.7. The third kappa shape index (κ3) is 5.77. The average Bonchev–Trinajstić information content (AvgIpc) is 2.78. The van der Waals surface area contributed by atoms with Gasteiger partial charge in [0.2, 0.25) is 5.91 Å². The molecule has 0 aliphatic carbocycles. The summed E-state index contributed by atoms with van der Waals surface area (Å²) in [5.74, 6) is -2.80. The van der Waals surface area contributed by atoms with E-state index in [1.54, 1.807) is 42.5 Å². The molecule has 1 heterocycles. The molecule has 0 saturated carbocycles. The summed E-state index contributed by atoms with van der Waals surface area (Å²) in [5.41, 5.74) is 1.87. The van der Waals surface area contributed by atoms with Gasteiger partial charge in [-0.25, -0.2) is 4.39 Å². The fourth-order valence-electron chi connectivity index (χ4n) is 3.69. The van der Waals surface area contributed by atoms with Crippen LogP contribution in [0.5, 0.6) is 0 Å². The first-order valence-corrected chi connectivity index (χ1v) is 10.4. The number of carbonyl (C=O) groups excluding carboxylic acids is 2. The van der Waals surface area contributed by atoms with Crippen LogP contribution in [0.3, 0.4) is 0 Å². The summed E-state index contributed by atoms with van der Waals surface area (Å²) in [6, 6.07) is 12.0. The van der Waals surface area contributed by atoms with Crippen LogP contribution in [0.25, 0.3) is 0 Å². The van der Waals surface area contributed by atoms with E-state index in [4.69, 9.17) is 0 Å². The van der Waals surface area contributed by atoms with Crippen molar-refractivity contribution >= 4 is 17.5 Å². The highest BCUT2D eigenvalue weighted by molar-refractivity contribution is 5.83. The fourth-order valence-corrected chi connectivity index (χ4v) is 3.69. The van der Waals surface area contributed by atoms with Crippen LogP contribution in [0.4, 0.5) is 23.2 Å². The number of nitrogens with one attached hydrogen (secondary N) is 1. The van der Waals surface area contributed by atoms with Crippen LogP contribution in [-0.2, 0) is 16.0 Å². The van der Waals surface area contributed by atoms with Gasteiger partial charge in [-0.05, 0) is 29.7 Å². The second-order valence-corrected chi connectivity index (χ2v) is 7.64. The topological polar surface area (TPSA) is 52.7 Å². The Morgan fingerprint density at radius 2 is 1.62 bits per heavy atom. The van der Waals surface area contributed by atoms with Crippen LogP contribution < -0.4 is 10.2 Å². The van der Waals surface area contributed by atoms with Crippen molar-refractivity contribution < 1.29 is 27.2 Å². The molecule has 1 saturated heterocycles. The summed E-state index contributed by atoms with van der Waals surface area (Å²) < 4.78 is 52.5. The van der Waals surface area contributed by atoms with Crippen molar-refractivity contribution in [3.05, 3.63) is 65.5 Å². The maximum Gasteiger partial charge on any atom is 0.471 e. The summed E-state index contributed by atoms with van der Waals surface area (Å²) in [5, 5.41) is 1.95. The Balaban J connectivity index is 1.68. The van der Waals surface area contributed by atoms with Gasteiger partial charge in [0.1, 0.15) is 5.82 Å². The zero-order chi connectivity index (χ0) is 23.3. The molecule has 1 aliphatic rings. The predicted octanol–water partition coefficient (Wildman–Crippen LogP) is 3.85. The van der Waals surface area contributed by atoms with E-state index in [0.717, 1.165) is 12.0 Å². The summed E-state index contributed by atoms with van der Waals surface area (Å²) >= 11 is 0. The van der Waals surface area contributed by atoms with Crippen LogP contribution >= 0.6 is 0 Å². The van der Waals surface area contributed by atoms with Gasteiger partial charge in [-0.15, -0.1) is 0 Å². The van der Waals surface area contributed by atoms with E-state index in [1.165, 1.54) is 11.0 Å². The molecule has 1 N–H and O–H groups in total. The number of halogens is 4. The third-order valence-corrected chi connectivity index (χ3v) is 5.56. The Morgan fingerprint density at radius 3 is 2.19 bits per heavy atom. The molecule has 172 valence electrons. The van der Waals surface area contributed by atoms with Gasteiger partial charge in [0, 0.05) is 26.2 Å². The van der Waals surface area contributed by atoms with Crippen LogP contribution in [0, 0.1) is 5.82 Å². The SMILES string of the molecule is CCc1ccc([C@H](CC(=O)N2CCN(c3ccccc3F)CC2)NC(=O)C(F)(F)F)cc1. The highest BCUT2D eigenvalue weighted by atomic mass is 19.4. The number of piperazine rings is 1. The molecule has 1 aliphatic heterocycles. The number of carbonyl (C=O) groups is 2. The summed E-state index contributed by atoms with van der Waals surface area (Å²) in [7, 11) is 0. The molecule has 0 bridgehead atoms. The molecule has 2 amide bonds. The van der Waals surface area contributed by atoms with Gasteiger partial charge < -0.3 is 15.1 Å². The van der Waals surface area contributed by atoms with E-state index in [2.05, 4.69) is 0 Å². The van der Waals surface area contributed by atoms with Crippen LogP contribution in [0.15, 0.2) is 48.5 Å². The number of para-hydroxylation sites is 1. The standard InChI is InChI=1S/C23H25F4N3O2/c1-2-16-7-9-17(10-8-16)19(28-22(32)23(25,26)27)15-21(31)30-13-11-29(12-14-30)20-6-4-3-5-18(20)24/h3-10,19H,2,11-15H2,1H3,(H,28,32)/t19-/m0/s1. The lowest BCUT2D eigenvalue weighted by Crippen LogP contribution is -2.50. The highest BCUT2D eigenvalue weighted by Crippen LogP contribution is 2.24. The van der Waals surface area contributed by atoms with Crippen LogP contribution in [-0.4, -0.2) is 49.1 Å². The molecule has 0 aromatic heterocycles. The van der Waals surface area contributed by atoms with E-state index in [0.29, 0.717) is 37.4 Å². The van der Waals surface area contributed by atoms with Gasteiger partial charge >= 0.3 is 12.1 Å². The monoisotopic (exact) mass is 451 g/mol. The van der Waals surface area contributed by atoms with Gasteiger partial charge in [0.25, 0.3) is 0 Å². The number of hydrogen-bond acceptors (Lipinski definition) is 3. The van der Waals surface area contributed by atoms with Crippen molar-refractivity contribution in [2.75, 3.05) is 31.1 Å². The Morgan fingerprint density at radius 1 is 1.00 bits per heavy atom. The molecule has 0 unspecified atom stereocenters. The molecule has 5 nitrogen and oxygen atoms in total. The second-order valence-electron chi connectivity index (χ2n) is 7.64. The lowest BCUT2D eigenvalue weighted by Gasteiger charge is -2.37. The Labute approximate surface area is 184 Å².